The molecule has 1 atom stereocenters. The molecule has 0 fully saturated rings. The molecule has 0 aromatic heterocycles. The van der Waals surface area contributed by atoms with Crippen LogP contribution in [0.15, 0.2) is 35.9 Å². The first-order valence-electron chi connectivity index (χ1n) is 6.80. The third-order valence-electron chi connectivity index (χ3n) is 3.74. The number of nitrogens with zero attached hydrogens (tertiary/aromatic N) is 1. The molecular formula is C16H23NO. The van der Waals surface area contributed by atoms with E-state index in [1.807, 2.05) is 12.1 Å². The Morgan fingerprint density at radius 3 is 2.44 bits per heavy atom. The van der Waals surface area contributed by atoms with E-state index in [1.165, 1.54) is 31.2 Å². The first-order chi connectivity index (χ1) is 8.66. The van der Waals surface area contributed by atoms with Crippen molar-refractivity contribution >= 4 is 0 Å². The molecule has 1 aromatic carbocycles. The summed E-state index contributed by atoms with van der Waals surface area (Å²) in [5.74, 6) is 0.344. The zero-order chi connectivity index (χ0) is 13.0. The lowest BCUT2D eigenvalue weighted by Crippen LogP contribution is -2.32. The molecule has 2 heteroatoms. The highest BCUT2D eigenvalue weighted by atomic mass is 16.3. The highest BCUT2D eigenvalue weighted by molar-refractivity contribution is 5.28. The molecule has 0 aliphatic heterocycles. The minimum Gasteiger partial charge on any atom is -0.508 e. The van der Waals surface area contributed by atoms with E-state index in [4.69, 9.17) is 0 Å². The predicted octanol–water partition coefficient (Wildman–Crippen LogP) is 3.37. The summed E-state index contributed by atoms with van der Waals surface area (Å²) in [4.78, 5) is 2.31. The molecule has 2 rings (SSSR count). The molecule has 0 radical (unpaired) electrons. The largest absolute Gasteiger partial charge is 0.508 e. The molecule has 1 aromatic rings. The predicted molar refractivity (Wildman–Crippen MR) is 75.8 cm³/mol. The molecule has 0 amide bonds. The van der Waals surface area contributed by atoms with Gasteiger partial charge in [0, 0.05) is 6.04 Å². The van der Waals surface area contributed by atoms with Crippen molar-refractivity contribution in [3.8, 4) is 5.75 Å². The third kappa shape index (κ3) is 3.36. The summed E-state index contributed by atoms with van der Waals surface area (Å²) >= 11 is 0. The highest BCUT2D eigenvalue weighted by Crippen LogP contribution is 2.25. The third-order valence-corrected chi connectivity index (χ3v) is 3.74. The van der Waals surface area contributed by atoms with Crippen molar-refractivity contribution in [2.75, 3.05) is 14.1 Å². The van der Waals surface area contributed by atoms with E-state index < -0.39 is 0 Å². The number of phenols is 1. The molecule has 1 N–H and O–H groups in total. The normalized spacial score (nSPS) is 17.6. The van der Waals surface area contributed by atoms with Gasteiger partial charge in [0.15, 0.2) is 0 Å². The Hall–Kier alpha value is -1.28. The molecule has 1 aliphatic carbocycles. The second-order valence-electron chi connectivity index (χ2n) is 5.37. The lowest BCUT2D eigenvalue weighted by Gasteiger charge is -2.29. The molecule has 98 valence electrons. The second kappa shape index (κ2) is 6.05. The standard InChI is InChI=1S/C16H23NO/c1-17(2)16(14-6-4-3-5-7-14)12-13-8-10-15(18)11-9-13/h6,8-11,16,18H,3-5,7,12H2,1-2H3. The Labute approximate surface area is 110 Å². The van der Waals surface area contributed by atoms with Gasteiger partial charge in [-0.1, -0.05) is 23.8 Å². The van der Waals surface area contributed by atoms with E-state index in [9.17, 15) is 5.11 Å². The van der Waals surface area contributed by atoms with Crippen molar-refractivity contribution in [2.45, 2.75) is 38.1 Å². The van der Waals surface area contributed by atoms with Crippen LogP contribution in [0.25, 0.3) is 0 Å². The first-order valence-corrected chi connectivity index (χ1v) is 6.80. The maximum atomic E-state index is 9.33. The number of allylic oxidation sites excluding steroid dienone is 1. The summed E-state index contributed by atoms with van der Waals surface area (Å²) in [5.41, 5.74) is 2.87. The smallest absolute Gasteiger partial charge is 0.115 e. The molecule has 18 heavy (non-hydrogen) atoms. The summed E-state index contributed by atoms with van der Waals surface area (Å²) < 4.78 is 0. The lowest BCUT2D eigenvalue weighted by atomic mass is 9.89. The van der Waals surface area contributed by atoms with Crippen LogP contribution in [-0.4, -0.2) is 30.1 Å². The minimum absolute atomic E-state index is 0.344. The van der Waals surface area contributed by atoms with E-state index in [1.54, 1.807) is 17.7 Å². The second-order valence-corrected chi connectivity index (χ2v) is 5.37. The Balaban J connectivity index is 2.11. The van der Waals surface area contributed by atoms with Crippen LogP contribution in [0.4, 0.5) is 0 Å². The van der Waals surface area contributed by atoms with E-state index in [2.05, 4.69) is 25.1 Å². The number of aromatic hydroxyl groups is 1. The van der Waals surface area contributed by atoms with Crippen LogP contribution in [0.3, 0.4) is 0 Å². The average Bonchev–Trinajstić information content (AvgIpc) is 2.38. The SMILES string of the molecule is CN(C)C(Cc1ccc(O)cc1)C1=CCCCC1. The van der Waals surface area contributed by atoms with Crippen molar-refractivity contribution in [3.05, 3.63) is 41.5 Å². The molecule has 1 aliphatic rings. The molecule has 0 saturated carbocycles. The minimum atomic E-state index is 0.344. The number of hydrogen-bond donors (Lipinski definition) is 1. The van der Waals surface area contributed by atoms with Crippen LogP contribution in [0.2, 0.25) is 0 Å². The molecule has 0 bridgehead atoms. The topological polar surface area (TPSA) is 23.5 Å². The molecule has 1 unspecified atom stereocenters. The van der Waals surface area contributed by atoms with Gasteiger partial charge in [-0.3, -0.25) is 0 Å². The van der Waals surface area contributed by atoms with Gasteiger partial charge in [-0.25, -0.2) is 0 Å². The summed E-state index contributed by atoms with van der Waals surface area (Å²) in [5, 5.41) is 9.33. The fourth-order valence-electron chi connectivity index (χ4n) is 2.67. The number of likely N-dealkylation sites (N-methyl/N-ethyl adjacent to an activating group) is 1. The number of rotatable bonds is 4. The van der Waals surface area contributed by atoms with E-state index >= 15 is 0 Å². The van der Waals surface area contributed by atoms with Gasteiger partial charge < -0.3 is 10.0 Å². The number of hydrogen-bond acceptors (Lipinski definition) is 2. The Bertz CT molecular complexity index is 406. The zero-order valence-corrected chi connectivity index (χ0v) is 11.4. The molecule has 2 nitrogen and oxygen atoms in total. The van der Waals surface area contributed by atoms with Gasteiger partial charge in [0.05, 0.1) is 0 Å². The fraction of sp³-hybridized carbons (Fsp3) is 0.500. The van der Waals surface area contributed by atoms with Crippen LogP contribution in [0, 0.1) is 0 Å². The zero-order valence-electron chi connectivity index (χ0n) is 11.4. The molecular weight excluding hydrogens is 222 g/mol. The van der Waals surface area contributed by atoms with Gasteiger partial charge in [-0.05, 0) is 63.9 Å². The maximum absolute atomic E-state index is 9.33. The van der Waals surface area contributed by atoms with Crippen molar-refractivity contribution in [3.63, 3.8) is 0 Å². The van der Waals surface area contributed by atoms with Crippen LogP contribution in [0.5, 0.6) is 5.75 Å². The van der Waals surface area contributed by atoms with E-state index in [0.717, 1.165) is 6.42 Å². The van der Waals surface area contributed by atoms with Gasteiger partial charge in [-0.15, -0.1) is 0 Å². The van der Waals surface area contributed by atoms with E-state index in [-0.39, 0.29) is 0 Å². The van der Waals surface area contributed by atoms with Crippen LogP contribution in [-0.2, 0) is 6.42 Å². The number of phenolic OH excluding ortho intramolecular Hbond substituents is 1. The van der Waals surface area contributed by atoms with Gasteiger partial charge in [0.25, 0.3) is 0 Å². The monoisotopic (exact) mass is 245 g/mol. The first kappa shape index (κ1) is 13.2. The van der Waals surface area contributed by atoms with Crippen molar-refractivity contribution < 1.29 is 5.11 Å². The Morgan fingerprint density at radius 2 is 1.89 bits per heavy atom. The van der Waals surface area contributed by atoms with Gasteiger partial charge in [0.1, 0.15) is 5.75 Å². The average molecular weight is 245 g/mol. The van der Waals surface area contributed by atoms with Crippen molar-refractivity contribution in [1.82, 2.24) is 4.90 Å². The quantitative estimate of drug-likeness (QED) is 0.822. The Kier molecular flexibility index (Phi) is 4.43. The van der Waals surface area contributed by atoms with Crippen molar-refractivity contribution in [1.29, 1.82) is 0 Å². The summed E-state index contributed by atoms with van der Waals surface area (Å²) in [7, 11) is 4.31. The van der Waals surface area contributed by atoms with Gasteiger partial charge >= 0.3 is 0 Å². The van der Waals surface area contributed by atoms with Crippen molar-refractivity contribution in [2.24, 2.45) is 0 Å². The fourth-order valence-corrected chi connectivity index (χ4v) is 2.67. The molecule has 0 saturated heterocycles. The Morgan fingerprint density at radius 1 is 1.17 bits per heavy atom. The van der Waals surface area contributed by atoms with Crippen LogP contribution < -0.4 is 0 Å². The molecule has 0 heterocycles. The summed E-state index contributed by atoms with van der Waals surface area (Å²) in [6, 6.07) is 8.09. The van der Waals surface area contributed by atoms with Gasteiger partial charge in [0.2, 0.25) is 0 Å². The van der Waals surface area contributed by atoms with E-state index in [0.29, 0.717) is 11.8 Å². The summed E-state index contributed by atoms with van der Waals surface area (Å²) in [6.07, 6.45) is 8.58. The van der Waals surface area contributed by atoms with Gasteiger partial charge in [-0.2, -0.15) is 0 Å². The highest BCUT2D eigenvalue weighted by Gasteiger charge is 2.18. The lowest BCUT2D eigenvalue weighted by molar-refractivity contribution is 0.317. The van der Waals surface area contributed by atoms with Crippen LogP contribution in [0.1, 0.15) is 31.2 Å². The number of benzene rings is 1. The van der Waals surface area contributed by atoms with Crippen LogP contribution >= 0.6 is 0 Å². The maximum Gasteiger partial charge on any atom is 0.115 e. The summed E-state index contributed by atoms with van der Waals surface area (Å²) in [6.45, 7) is 0. The molecule has 0 spiro atoms.